The van der Waals surface area contributed by atoms with Crippen LogP contribution in [0.1, 0.15) is 20.4 Å². The lowest BCUT2D eigenvalue weighted by atomic mass is 10.1. The molecule has 0 bridgehead atoms. The predicted molar refractivity (Wildman–Crippen MR) is 114 cm³/mol. The van der Waals surface area contributed by atoms with E-state index in [9.17, 15) is 4.79 Å². The summed E-state index contributed by atoms with van der Waals surface area (Å²) in [5.41, 5.74) is 2.91. The number of anilines is 2. The van der Waals surface area contributed by atoms with Crippen molar-refractivity contribution < 1.29 is 4.79 Å². The van der Waals surface area contributed by atoms with Crippen LogP contribution in [-0.4, -0.2) is 66.0 Å². The van der Waals surface area contributed by atoms with Crippen LogP contribution in [0.2, 0.25) is 0 Å². The van der Waals surface area contributed by atoms with E-state index in [2.05, 4.69) is 32.0 Å². The highest BCUT2D eigenvalue weighted by Gasteiger charge is 2.25. The molecule has 0 N–H and O–H groups in total. The lowest BCUT2D eigenvalue weighted by molar-refractivity contribution is 0.0750. The van der Waals surface area contributed by atoms with Crippen LogP contribution in [0, 0.1) is 13.8 Å². The van der Waals surface area contributed by atoms with Gasteiger partial charge in [0.15, 0.2) is 0 Å². The molecule has 0 aliphatic carbocycles. The van der Waals surface area contributed by atoms with E-state index in [0.29, 0.717) is 13.1 Å². The molecule has 146 valence electrons. The Bertz CT molecular complexity index is 1020. The lowest BCUT2D eigenvalue weighted by Crippen LogP contribution is -2.48. The van der Waals surface area contributed by atoms with Gasteiger partial charge in [0.1, 0.15) is 17.0 Å². The molecule has 1 aliphatic heterocycles. The number of fused-ring (bicyclic) bond motifs is 1. The fourth-order valence-electron chi connectivity index (χ4n) is 3.63. The fraction of sp³-hybridized carbons (Fsp3) is 0.400. The zero-order chi connectivity index (χ0) is 19.8. The largest absolute Gasteiger partial charge is 0.368 e. The van der Waals surface area contributed by atoms with Crippen molar-refractivity contribution in [3.63, 3.8) is 0 Å². The highest BCUT2D eigenvalue weighted by molar-refractivity contribution is 7.13. The van der Waals surface area contributed by atoms with Crippen molar-refractivity contribution in [2.75, 3.05) is 50.1 Å². The Hall–Kier alpha value is -2.74. The van der Waals surface area contributed by atoms with Crippen molar-refractivity contribution in [1.82, 2.24) is 19.9 Å². The minimum absolute atomic E-state index is 0.101. The van der Waals surface area contributed by atoms with E-state index in [-0.39, 0.29) is 5.91 Å². The molecule has 1 fully saturated rings. The van der Waals surface area contributed by atoms with Crippen molar-refractivity contribution in [3.05, 3.63) is 40.1 Å². The van der Waals surface area contributed by atoms with Crippen molar-refractivity contribution in [2.45, 2.75) is 13.8 Å². The average molecular weight is 397 g/mol. The minimum Gasteiger partial charge on any atom is -0.368 e. The summed E-state index contributed by atoms with van der Waals surface area (Å²) < 4.78 is 0. The van der Waals surface area contributed by atoms with Crippen LogP contribution in [-0.2, 0) is 0 Å². The third-order valence-electron chi connectivity index (χ3n) is 5.05. The van der Waals surface area contributed by atoms with E-state index in [0.717, 1.165) is 51.1 Å². The van der Waals surface area contributed by atoms with Gasteiger partial charge in [-0.1, -0.05) is 0 Å². The normalized spacial score (nSPS) is 14.6. The molecule has 3 heterocycles. The SMILES string of the molecule is Cc1nc(C)c(C(=O)N2CCN(c3ccc4ncnc(N(C)C)c4c3)CC2)s1. The summed E-state index contributed by atoms with van der Waals surface area (Å²) in [4.78, 5) is 33.0. The number of piperazine rings is 1. The second kappa shape index (κ2) is 7.35. The first-order valence-electron chi connectivity index (χ1n) is 9.34. The van der Waals surface area contributed by atoms with Gasteiger partial charge in [-0.25, -0.2) is 15.0 Å². The molecule has 0 saturated carbocycles. The Morgan fingerprint density at radius 3 is 2.50 bits per heavy atom. The molecule has 1 aliphatic rings. The van der Waals surface area contributed by atoms with Gasteiger partial charge in [-0.05, 0) is 32.0 Å². The second-order valence-electron chi connectivity index (χ2n) is 7.22. The van der Waals surface area contributed by atoms with Gasteiger partial charge < -0.3 is 14.7 Å². The van der Waals surface area contributed by atoms with Gasteiger partial charge >= 0.3 is 0 Å². The van der Waals surface area contributed by atoms with Crippen LogP contribution in [0.4, 0.5) is 11.5 Å². The number of aromatic nitrogens is 3. The Labute approximate surface area is 168 Å². The maximum absolute atomic E-state index is 12.8. The number of hydrogen-bond donors (Lipinski definition) is 0. The van der Waals surface area contributed by atoms with Crippen LogP contribution in [0.25, 0.3) is 10.9 Å². The fourth-order valence-corrected chi connectivity index (χ4v) is 4.51. The van der Waals surface area contributed by atoms with Gasteiger partial charge in [0.25, 0.3) is 5.91 Å². The minimum atomic E-state index is 0.101. The number of aryl methyl sites for hydroxylation is 2. The second-order valence-corrected chi connectivity index (χ2v) is 8.42. The number of carbonyl (C=O) groups excluding carboxylic acids is 1. The van der Waals surface area contributed by atoms with E-state index < -0.39 is 0 Å². The van der Waals surface area contributed by atoms with Gasteiger partial charge in [-0.2, -0.15) is 0 Å². The van der Waals surface area contributed by atoms with Crippen LogP contribution in [0.5, 0.6) is 0 Å². The molecule has 4 rings (SSSR count). The molecule has 1 amide bonds. The standard InChI is InChI=1S/C20H24N6OS/c1-13-18(28-14(2)23-13)20(27)26-9-7-25(8-10-26)15-5-6-17-16(11-15)19(24(3)4)22-12-21-17/h5-6,11-12H,7-10H2,1-4H3. The molecule has 2 aromatic heterocycles. The zero-order valence-electron chi connectivity index (χ0n) is 16.6. The van der Waals surface area contributed by atoms with E-state index in [1.165, 1.54) is 11.3 Å². The van der Waals surface area contributed by atoms with Crippen LogP contribution in [0.3, 0.4) is 0 Å². The number of hydrogen-bond acceptors (Lipinski definition) is 7. The summed E-state index contributed by atoms with van der Waals surface area (Å²) in [6.07, 6.45) is 1.60. The molecular formula is C20H24N6OS. The molecule has 8 heteroatoms. The number of nitrogens with zero attached hydrogens (tertiary/aromatic N) is 6. The third-order valence-corrected chi connectivity index (χ3v) is 6.11. The van der Waals surface area contributed by atoms with Crippen molar-refractivity contribution >= 4 is 39.7 Å². The zero-order valence-corrected chi connectivity index (χ0v) is 17.5. The number of benzene rings is 1. The number of amides is 1. The Morgan fingerprint density at radius 1 is 1.11 bits per heavy atom. The molecule has 1 saturated heterocycles. The summed E-state index contributed by atoms with van der Waals surface area (Å²) >= 11 is 1.48. The highest BCUT2D eigenvalue weighted by Crippen LogP contribution is 2.28. The van der Waals surface area contributed by atoms with E-state index in [1.807, 2.05) is 43.8 Å². The van der Waals surface area contributed by atoms with E-state index >= 15 is 0 Å². The summed E-state index contributed by atoms with van der Waals surface area (Å²) in [7, 11) is 3.98. The van der Waals surface area contributed by atoms with Crippen LogP contribution >= 0.6 is 11.3 Å². The lowest BCUT2D eigenvalue weighted by Gasteiger charge is -2.36. The van der Waals surface area contributed by atoms with Crippen molar-refractivity contribution in [3.8, 4) is 0 Å². The maximum atomic E-state index is 12.8. The highest BCUT2D eigenvalue weighted by atomic mass is 32.1. The molecule has 3 aromatic rings. The first-order chi connectivity index (χ1) is 13.4. The van der Waals surface area contributed by atoms with E-state index in [4.69, 9.17) is 0 Å². The first-order valence-corrected chi connectivity index (χ1v) is 10.2. The molecule has 0 radical (unpaired) electrons. The molecule has 0 unspecified atom stereocenters. The van der Waals surface area contributed by atoms with Crippen LogP contribution < -0.4 is 9.80 Å². The Kier molecular flexibility index (Phi) is 4.89. The molecule has 1 aromatic carbocycles. The molecule has 0 spiro atoms. The van der Waals surface area contributed by atoms with Gasteiger partial charge in [0, 0.05) is 51.3 Å². The monoisotopic (exact) mass is 396 g/mol. The maximum Gasteiger partial charge on any atom is 0.265 e. The average Bonchev–Trinajstić information content (AvgIpc) is 3.04. The summed E-state index contributed by atoms with van der Waals surface area (Å²) in [6, 6.07) is 6.29. The molecule has 0 atom stereocenters. The van der Waals surface area contributed by atoms with Gasteiger partial charge in [0.2, 0.25) is 0 Å². The Balaban J connectivity index is 1.51. The quantitative estimate of drug-likeness (QED) is 0.678. The topological polar surface area (TPSA) is 65.5 Å². The first kappa shape index (κ1) is 18.6. The predicted octanol–water partition coefficient (Wildman–Crippen LogP) is 2.73. The van der Waals surface area contributed by atoms with Gasteiger partial charge in [-0.15, -0.1) is 11.3 Å². The summed E-state index contributed by atoms with van der Waals surface area (Å²) in [5.74, 6) is 1.02. The summed E-state index contributed by atoms with van der Waals surface area (Å²) in [5, 5.41) is 1.98. The van der Waals surface area contributed by atoms with E-state index in [1.54, 1.807) is 6.33 Å². The smallest absolute Gasteiger partial charge is 0.265 e. The number of thiazole rings is 1. The molecule has 7 nitrogen and oxygen atoms in total. The van der Waals surface area contributed by atoms with Gasteiger partial charge in [0.05, 0.1) is 16.2 Å². The summed E-state index contributed by atoms with van der Waals surface area (Å²) in [6.45, 7) is 6.88. The molecule has 28 heavy (non-hydrogen) atoms. The number of rotatable bonds is 3. The third kappa shape index (κ3) is 3.40. The van der Waals surface area contributed by atoms with Crippen molar-refractivity contribution in [1.29, 1.82) is 0 Å². The van der Waals surface area contributed by atoms with Gasteiger partial charge in [-0.3, -0.25) is 4.79 Å². The Morgan fingerprint density at radius 2 is 1.86 bits per heavy atom. The molecular weight excluding hydrogens is 372 g/mol. The van der Waals surface area contributed by atoms with Crippen LogP contribution in [0.15, 0.2) is 24.5 Å². The number of carbonyl (C=O) groups is 1. The van der Waals surface area contributed by atoms with Crippen molar-refractivity contribution in [2.24, 2.45) is 0 Å².